The Morgan fingerprint density at radius 3 is 2.67 bits per heavy atom. The van der Waals surface area contributed by atoms with E-state index in [1.54, 1.807) is 0 Å². The number of hydrogen-bond acceptors (Lipinski definition) is 4. The van der Waals surface area contributed by atoms with E-state index in [1.165, 1.54) is 18.2 Å². The first-order valence-electron chi connectivity index (χ1n) is 5.37. The minimum absolute atomic E-state index is 0.0340. The number of amides is 1. The second-order valence-electron chi connectivity index (χ2n) is 4.01. The van der Waals surface area contributed by atoms with Gasteiger partial charge in [-0.1, -0.05) is 13.8 Å². The molecule has 0 aliphatic rings. The lowest BCUT2D eigenvalue weighted by Crippen LogP contribution is -2.32. The van der Waals surface area contributed by atoms with Gasteiger partial charge in [0.1, 0.15) is 0 Å². The number of hydrogen-bond donors (Lipinski definition) is 2. The minimum Gasteiger partial charge on any atom is -0.325 e. The summed E-state index contributed by atoms with van der Waals surface area (Å²) in [5.74, 6) is -0.190. The van der Waals surface area contributed by atoms with Crippen LogP contribution in [0.2, 0.25) is 0 Å². The van der Waals surface area contributed by atoms with Crippen molar-refractivity contribution in [3.63, 3.8) is 0 Å². The maximum atomic E-state index is 11.5. The number of carbonyl (C=O) groups is 1. The summed E-state index contributed by atoms with van der Waals surface area (Å²) in [5.41, 5.74) is 0.483. The Balaban J connectivity index is 2.66. The Labute approximate surface area is 113 Å². The molecule has 1 aromatic carbocycles. The van der Waals surface area contributed by atoms with Gasteiger partial charge in [-0.15, -0.1) is 0 Å². The van der Waals surface area contributed by atoms with Crippen LogP contribution in [0.1, 0.15) is 13.8 Å². The van der Waals surface area contributed by atoms with E-state index in [4.69, 9.17) is 0 Å². The zero-order chi connectivity index (χ0) is 13.7. The summed E-state index contributed by atoms with van der Waals surface area (Å²) in [4.78, 5) is 21.6. The van der Waals surface area contributed by atoms with Crippen LogP contribution in [0.4, 0.5) is 11.4 Å². The van der Waals surface area contributed by atoms with E-state index >= 15 is 0 Å². The number of nitrogens with zero attached hydrogens (tertiary/aromatic N) is 1. The summed E-state index contributed by atoms with van der Waals surface area (Å²) < 4.78 is 0.335. The second kappa shape index (κ2) is 6.46. The number of carbonyl (C=O) groups excluding carboxylic acids is 1. The maximum absolute atomic E-state index is 11.5. The molecule has 0 unspecified atom stereocenters. The van der Waals surface area contributed by atoms with Crippen molar-refractivity contribution in [3.05, 3.63) is 32.8 Å². The molecule has 0 aromatic heterocycles. The van der Waals surface area contributed by atoms with Gasteiger partial charge in [-0.05, 0) is 28.1 Å². The molecule has 0 aliphatic carbocycles. The normalized spacial score (nSPS) is 10.4. The molecule has 18 heavy (non-hydrogen) atoms. The molecule has 6 nitrogen and oxygen atoms in total. The highest BCUT2D eigenvalue weighted by molar-refractivity contribution is 9.10. The lowest BCUT2D eigenvalue weighted by Gasteiger charge is -2.09. The van der Waals surface area contributed by atoms with E-state index in [-0.39, 0.29) is 24.2 Å². The number of anilines is 1. The van der Waals surface area contributed by atoms with Gasteiger partial charge in [-0.2, -0.15) is 0 Å². The van der Waals surface area contributed by atoms with Gasteiger partial charge < -0.3 is 10.6 Å². The SMILES string of the molecule is CC(C)NCC(=O)Nc1ccc([N+](=O)[O-])c(Br)c1. The molecule has 0 spiro atoms. The van der Waals surface area contributed by atoms with E-state index in [0.29, 0.717) is 10.2 Å². The fraction of sp³-hybridized carbons (Fsp3) is 0.364. The summed E-state index contributed by atoms with van der Waals surface area (Å²) in [6.07, 6.45) is 0. The van der Waals surface area contributed by atoms with Crippen molar-refractivity contribution < 1.29 is 9.72 Å². The van der Waals surface area contributed by atoms with E-state index in [1.807, 2.05) is 13.8 Å². The number of halogens is 1. The van der Waals surface area contributed by atoms with Crippen LogP contribution >= 0.6 is 15.9 Å². The molecule has 0 aliphatic heterocycles. The van der Waals surface area contributed by atoms with Crippen molar-refractivity contribution in [3.8, 4) is 0 Å². The van der Waals surface area contributed by atoms with Crippen molar-refractivity contribution in [2.24, 2.45) is 0 Å². The fourth-order valence-electron chi connectivity index (χ4n) is 1.23. The number of nitro groups is 1. The lowest BCUT2D eigenvalue weighted by molar-refractivity contribution is -0.385. The Hall–Kier alpha value is -1.47. The summed E-state index contributed by atoms with van der Waals surface area (Å²) >= 11 is 3.09. The highest BCUT2D eigenvalue weighted by atomic mass is 79.9. The maximum Gasteiger partial charge on any atom is 0.283 e. The summed E-state index contributed by atoms with van der Waals surface area (Å²) in [6.45, 7) is 4.08. The first kappa shape index (κ1) is 14.6. The van der Waals surface area contributed by atoms with E-state index < -0.39 is 4.92 Å². The van der Waals surface area contributed by atoms with Crippen LogP contribution in [0.3, 0.4) is 0 Å². The first-order chi connectivity index (χ1) is 8.40. The van der Waals surface area contributed by atoms with Gasteiger partial charge in [0.25, 0.3) is 5.69 Å². The van der Waals surface area contributed by atoms with E-state index in [9.17, 15) is 14.9 Å². The summed E-state index contributed by atoms with van der Waals surface area (Å²) in [5, 5.41) is 16.2. The molecule has 0 bridgehead atoms. The average Bonchev–Trinajstić information content (AvgIpc) is 2.26. The Kier molecular flexibility index (Phi) is 5.24. The topological polar surface area (TPSA) is 84.3 Å². The van der Waals surface area contributed by atoms with Gasteiger partial charge in [0.2, 0.25) is 5.91 Å². The highest BCUT2D eigenvalue weighted by Gasteiger charge is 2.12. The second-order valence-corrected chi connectivity index (χ2v) is 4.86. The van der Waals surface area contributed by atoms with Crippen LogP contribution in [0.25, 0.3) is 0 Å². The zero-order valence-corrected chi connectivity index (χ0v) is 11.7. The minimum atomic E-state index is -0.490. The zero-order valence-electron chi connectivity index (χ0n) is 10.1. The number of nitro benzene ring substituents is 1. The van der Waals surface area contributed by atoms with Gasteiger partial charge in [0, 0.05) is 17.8 Å². The van der Waals surface area contributed by atoms with Crippen LogP contribution in [0.5, 0.6) is 0 Å². The van der Waals surface area contributed by atoms with Crippen molar-refractivity contribution in [2.75, 3.05) is 11.9 Å². The Morgan fingerprint density at radius 2 is 2.17 bits per heavy atom. The van der Waals surface area contributed by atoms with Crippen LogP contribution < -0.4 is 10.6 Å². The summed E-state index contributed by atoms with van der Waals surface area (Å²) in [6, 6.07) is 4.57. The van der Waals surface area contributed by atoms with Crippen LogP contribution in [0.15, 0.2) is 22.7 Å². The van der Waals surface area contributed by atoms with Crippen molar-refractivity contribution in [1.29, 1.82) is 0 Å². The van der Waals surface area contributed by atoms with Gasteiger partial charge >= 0.3 is 0 Å². The monoisotopic (exact) mass is 315 g/mol. The molecule has 0 radical (unpaired) electrons. The molecule has 1 rings (SSSR count). The number of nitrogens with one attached hydrogen (secondary N) is 2. The third-order valence-corrected chi connectivity index (χ3v) is 2.73. The highest BCUT2D eigenvalue weighted by Crippen LogP contribution is 2.27. The molecule has 2 N–H and O–H groups in total. The molecule has 0 fully saturated rings. The largest absolute Gasteiger partial charge is 0.325 e. The Bertz CT molecular complexity index is 463. The predicted octanol–water partition coefficient (Wildman–Crippen LogP) is 2.29. The standard InChI is InChI=1S/C11H14BrN3O3/c1-7(2)13-6-11(16)14-8-3-4-10(15(17)18)9(12)5-8/h3-5,7,13H,6H2,1-2H3,(H,14,16). The van der Waals surface area contributed by atoms with Gasteiger partial charge in [-0.25, -0.2) is 0 Å². The van der Waals surface area contributed by atoms with Crippen LogP contribution in [0, 0.1) is 10.1 Å². The summed E-state index contributed by atoms with van der Waals surface area (Å²) in [7, 11) is 0. The van der Waals surface area contributed by atoms with Crippen LogP contribution in [-0.2, 0) is 4.79 Å². The Morgan fingerprint density at radius 1 is 1.50 bits per heavy atom. The predicted molar refractivity (Wildman–Crippen MR) is 72.6 cm³/mol. The molecule has 1 aromatic rings. The molecule has 0 saturated carbocycles. The molecule has 0 atom stereocenters. The molecular formula is C11H14BrN3O3. The quantitative estimate of drug-likeness (QED) is 0.645. The molecule has 1 amide bonds. The third-order valence-electron chi connectivity index (χ3n) is 2.10. The molecule has 0 saturated heterocycles. The van der Waals surface area contributed by atoms with Gasteiger partial charge in [0.15, 0.2) is 0 Å². The van der Waals surface area contributed by atoms with Crippen molar-refractivity contribution in [2.45, 2.75) is 19.9 Å². The average molecular weight is 316 g/mol. The van der Waals surface area contributed by atoms with E-state index in [2.05, 4.69) is 26.6 Å². The lowest BCUT2D eigenvalue weighted by atomic mass is 10.3. The van der Waals surface area contributed by atoms with Crippen molar-refractivity contribution in [1.82, 2.24) is 5.32 Å². The van der Waals surface area contributed by atoms with Crippen molar-refractivity contribution >= 4 is 33.2 Å². The molecule has 98 valence electrons. The smallest absolute Gasteiger partial charge is 0.283 e. The number of benzene rings is 1. The fourth-order valence-corrected chi connectivity index (χ4v) is 1.76. The van der Waals surface area contributed by atoms with Gasteiger partial charge in [-0.3, -0.25) is 14.9 Å². The number of rotatable bonds is 5. The molecule has 0 heterocycles. The van der Waals surface area contributed by atoms with Crippen LogP contribution in [-0.4, -0.2) is 23.4 Å². The molecular weight excluding hydrogens is 302 g/mol. The molecule has 7 heteroatoms. The van der Waals surface area contributed by atoms with E-state index in [0.717, 1.165) is 0 Å². The first-order valence-corrected chi connectivity index (χ1v) is 6.16. The third kappa shape index (κ3) is 4.42. The van der Waals surface area contributed by atoms with Gasteiger partial charge in [0.05, 0.1) is 15.9 Å².